The van der Waals surface area contributed by atoms with Gasteiger partial charge in [0.1, 0.15) is 0 Å². The van der Waals surface area contributed by atoms with Crippen molar-refractivity contribution in [1.82, 2.24) is 5.32 Å². The molecule has 0 atom stereocenters. The largest absolute Gasteiger partial charge is 0.292 e. The number of rotatable bonds is 3. The van der Waals surface area contributed by atoms with Gasteiger partial charge in [0.15, 0.2) is 0 Å². The number of imide groups is 1. The molecule has 3 heteroatoms. The minimum atomic E-state index is -0.322. The van der Waals surface area contributed by atoms with Crippen LogP contribution in [0.25, 0.3) is 0 Å². The topological polar surface area (TPSA) is 46.2 Å². The Kier molecular flexibility index (Phi) is 4.03. The highest BCUT2D eigenvalue weighted by molar-refractivity contribution is 6.04. The summed E-state index contributed by atoms with van der Waals surface area (Å²) in [6.07, 6.45) is 1.13. The summed E-state index contributed by atoms with van der Waals surface area (Å²) < 4.78 is 0. The molecule has 0 aliphatic rings. The Bertz CT molecular complexity index is 372. The first-order chi connectivity index (χ1) is 7.13. The van der Waals surface area contributed by atoms with Gasteiger partial charge in [-0.2, -0.15) is 0 Å². The summed E-state index contributed by atoms with van der Waals surface area (Å²) in [5.74, 6) is -0.541. The molecule has 15 heavy (non-hydrogen) atoms. The molecule has 3 nitrogen and oxygen atoms in total. The maximum Gasteiger partial charge on any atom is 0.257 e. The number of hydrogen-bond donors (Lipinski definition) is 1. The lowest BCUT2D eigenvalue weighted by atomic mass is 10.1. The molecule has 1 N–H and O–H groups in total. The summed E-state index contributed by atoms with van der Waals surface area (Å²) in [5.41, 5.74) is 1.53. The smallest absolute Gasteiger partial charge is 0.257 e. The monoisotopic (exact) mass is 205 g/mol. The molecule has 1 rings (SSSR count). The minimum absolute atomic E-state index is 0.219. The third-order valence-corrected chi connectivity index (χ3v) is 2.01. The lowest BCUT2D eigenvalue weighted by Gasteiger charge is -2.03. The quantitative estimate of drug-likeness (QED) is 0.820. The van der Waals surface area contributed by atoms with Crippen molar-refractivity contribution < 1.29 is 9.59 Å². The van der Waals surface area contributed by atoms with Crippen LogP contribution < -0.4 is 5.32 Å². The van der Waals surface area contributed by atoms with Gasteiger partial charge in [-0.25, -0.2) is 0 Å². The lowest BCUT2D eigenvalue weighted by Crippen LogP contribution is -2.30. The van der Waals surface area contributed by atoms with Gasteiger partial charge in [-0.1, -0.05) is 24.6 Å². The van der Waals surface area contributed by atoms with Gasteiger partial charge in [0.05, 0.1) is 0 Å². The van der Waals surface area contributed by atoms with Crippen LogP contribution in [0.15, 0.2) is 24.3 Å². The van der Waals surface area contributed by atoms with E-state index in [0.717, 1.165) is 12.0 Å². The Hall–Kier alpha value is -1.64. The molecule has 0 heterocycles. The summed E-state index contributed by atoms with van der Waals surface area (Å²) in [6.45, 7) is 3.81. The second kappa shape index (κ2) is 5.29. The van der Waals surface area contributed by atoms with Gasteiger partial charge >= 0.3 is 0 Å². The predicted molar refractivity (Wildman–Crippen MR) is 58.6 cm³/mol. The zero-order valence-corrected chi connectivity index (χ0v) is 9.04. The number of hydrogen-bond acceptors (Lipinski definition) is 2. The summed E-state index contributed by atoms with van der Waals surface area (Å²) in [6, 6.07) is 7.16. The number of amides is 2. The number of benzene rings is 1. The fraction of sp³-hybridized carbons (Fsp3) is 0.333. The highest BCUT2D eigenvalue weighted by Crippen LogP contribution is 2.03. The Labute approximate surface area is 89.5 Å². The van der Waals surface area contributed by atoms with Gasteiger partial charge in [0.25, 0.3) is 5.91 Å². The Morgan fingerprint density at radius 2 is 2.07 bits per heavy atom. The molecule has 0 unspecified atom stereocenters. The summed E-state index contributed by atoms with van der Waals surface area (Å²) in [4.78, 5) is 22.7. The van der Waals surface area contributed by atoms with Gasteiger partial charge < -0.3 is 0 Å². The number of carbonyl (C=O) groups excluding carboxylic acids is 2. The molecule has 0 radical (unpaired) electrons. The maximum absolute atomic E-state index is 11.6. The lowest BCUT2D eigenvalue weighted by molar-refractivity contribution is -0.120. The average molecular weight is 205 g/mol. The number of aryl methyl sites for hydroxylation is 1. The molecule has 0 fully saturated rings. The molecule has 0 spiro atoms. The second-order valence-corrected chi connectivity index (χ2v) is 3.50. The van der Waals surface area contributed by atoms with Gasteiger partial charge in [-0.3, -0.25) is 14.9 Å². The summed E-state index contributed by atoms with van der Waals surface area (Å²) >= 11 is 0. The zero-order valence-electron chi connectivity index (χ0n) is 9.04. The van der Waals surface area contributed by atoms with E-state index in [1.54, 1.807) is 18.2 Å². The van der Waals surface area contributed by atoms with Crippen molar-refractivity contribution in [2.45, 2.75) is 26.7 Å². The van der Waals surface area contributed by atoms with Crippen LogP contribution in [0.4, 0.5) is 0 Å². The predicted octanol–water partition coefficient (Wildman–Crippen LogP) is 2.05. The van der Waals surface area contributed by atoms with Crippen LogP contribution in [-0.2, 0) is 4.79 Å². The fourth-order valence-corrected chi connectivity index (χ4v) is 1.27. The van der Waals surface area contributed by atoms with Crippen LogP contribution in [-0.4, -0.2) is 11.8 Å². The molecule has 80 valence electrons. The first-order valence-electron chi connectivity index (χ1n) is 5.04. The standard InChI is InChI=1S/C12H15NO2/c1-3-5-11(14)13-12(15)10-7-4-6-9(2)8-10/h4,6-8H,3,5H2,1-2H3,(H,13,14,15). The van der Waals surface area contributed by atoms with Gasteiger partial charge in [0.2, 0.25) is 5.91 Å². The van der Waals surface area contributed by atoms with Crippen molar-refractivity contribution in [3.05, 3.63) is 35.4 Å². The van der Waals surface area contributed by atoms with Crippen molar-refractivity contribution in [3.8, 4) is 0 Å². The van der Waals surface area contributed by atoms with Crippen LogP contribution in [0, 0.1) is 6.92 Å². The van der Waals surface area contributed by atoms with E-state index in [0.29, 0.717) is 12.0 Å². The van der Waals surface area contributed by atoms with E-state index in [2.05, 4.69) is 5.32 Å². The van der Waals surface area contributed by atoms with E-state index in [4.69, 9.17) is 0 Å². The first-order valence-corrected chi connectivity index (χ1v) is 5.04. The van der Waals surface area contributed by atoms with Crippen molar-refractivity contribution in [3.63, 3.8) is 0 Å². The van der Waals surface area contributed by atoms with E-state index in [1.807, 2.05) is 19.9 Å². The number of nitrogens with one attached hydrogen (secondary N) is 1. The highest BCUT2D eigenvalue weighted by Gasteiger charge is 2.08. The van der Waals surface area contributed by atoms with Crippen LogP contribution in [0.2, 0.25) is 0 Å². The molecular formula is C12H15NO2. The highest BCUT2D eigenvalue weighted by atomic mass is 16.2. The molecule has 0 saturated heterocycles. The van der Waals surface area contributed by atoms with Crippen LogP contribution >= 0.6 is 0 Å². The third kappa shape index (κ3) is 3.54. The molecule has 2 amide bonds. The fourth-order valence-electron chi connectivity index (χ4n) is 1.27. The molecule has 0 aliphatic heterocycles. The Morgan fingerprint density at radius 3 is 2.67 bits per heavy atom. The van der Waals surface area contributed by atoms with Gasteiger partial charge in [-0.05, 0) is 25.5 Å². The molecular weight excluding hydrogens is 190 g/mol. The van der Waals surface area contributed by atoms with Crippen molar-refractivity contribution in [2.75, 3.05) is 0 Å². The van der Waals surface area contributed by atoms with Gasteiger partial charge in [-0.15, -0.1) is 0 Å². The molecule has 1 aromatic rings. The van der Waals surface area contributed by atoms with Crippen LogP contribution in [0.3, 0.4) is 0 Å². The normalized spacial score (nSPS) is 9.73. The van der Waals surface area contributed by atoms with E-state index in [1.165, 1.54) is 0 Å². The molecule has 0 saturated carbocycles. The third-order valence-electron chi connectivity index (χ3n) is 2.01. The van der Waals surface area contributed by atoms with Crippen molar-refractivity contribution in [1.29, 1.82) is 0 Å². The number of carbonyl (C=O) groups is 2. The van der Waals surface area contributed by atoms with E-state index >= 15 is 0 Å². The molecule has 0 bridgehead atoms. The minimum Gasteiger partial charge on any atom is -0.292 e. The zero-order chi connectivity index (χ0) is 11.3. The SMILES string of the molecule is CCCC(=O)NC(=O)c1cccc(C)c1. The summed E-state index contributed by atoms with van der Waals surface area (Å²) in [5, 5.41) is 2.35. The van der Waals surface area contributed by atoms with Crippen LogP contribution in [0.5, 0.6) is 0 Å². The van der Waals surface area contributed by atoms with E-state index in [-0.39, 0.29) is 11.8 Å². The Balaban J connectivity index is 2.65. The molecule has 0 aromatic heterocycles. The van der Waals surface area contributed by atoms with E-state index < -0.39 is 0 Å². The average Bonchev–Trinajstić information content (AvgIpc) is 2.18. The van der Waals surface area contributed by atoms with Crippen molar-refractivity contribution >= 4 is 11.8 Å². The van der Waals surface area contributed by atoms with Crippen molar-refractivity contribution in [2.24, 2.45) is 0 Å². The van der Waals surface area contributed by atoms with E-state index in [9.17, 15) is 9.59 Å². The Morgan fingerprint density at radius 1 is 1.33 bits per heavy atom. The van der Waals surface area contributed by atoms with Gasteiger partial charge in [0, 0.05) is 12.0 Å². The summed E-state index contributed by atoms with van der Waals surface area (Å²) in [7, 11) is 0. The molecule has 1 aromatic carbocycles. The maximum atomic E-state index is 11.6. The second-order valence-electron chi connectivity index (χ2n) is 3.50. The van der Waals surface area contributed by atoms with Crippen LogP contribution in [0.1, 0.15) is 35.7 Å². The first kappa shape index (κ1) is 11.4. The molecule has 0 aliphatic carbocycles.